The molecule has 2 aromatic rings. The third-order valence-electron chi connectivity index (χ3n) is 3.63. The van der Waals surface area contributed by atoms with Crippen LogP contribution in [0.25, 0.3) is 11.1 Å². The zero-order chi connectivity index (χ0) is 16.8. The predicted molar refractivity (Wildman–Crippen MR) is 91.5 cm³/mol. The molecule has 120 valence electrons. The Bertz CT molecular complexity index is 690. The van der Waals surface area contributed by atoms with E-state index in [0.717, 1.165) is 5.56 Å². The Labute approximate surface area is 136 Å². The van der Waals surface area contributed by atoms with E-state index < -0.39 is 5.97 Å². The maximum Gasteiger partial charge on any atom is 0.303 e. The number of hydrogen-bond acceptors (Lipinski definition) is 2. The molecule has 0 saturated heterocycles. The van der Waals surface area contributed by atoms with E-state index in [2.05, 4.69) is 31.3 Å². The first-order valence-electron chi connectivity index (χ1n) is 7.68. The van der Waals surface area contributed by atoms with Crippen molar-refractivity contribution in [2.45, 2.75) is 32.6 Å². The van der Waals surface area contributed by atoms with Crippen molar-refractivity contribution >= 4 is 17.6 Å². The van der Waals surface area contributed by atoms with Gasteiger partial charge in [0, 0.05) is 12.1 Å². The number of carboxylic acid groups (broad SMARTS) is 1. The lowest BCUT2D eigenvalue weighted by atomic mass is 9.93. The molecule has 0 bridgehead atoms. The summed E-state index contributed by atoms with van der Waals surface area (Å²) in [5.74, 6) is -0.829. The van der Waals surface area contributed by atoms with E-state index in [1.165, 1.54) is 11.1 Å². The van der Waals surface area contributed by atoms with E-state index in [4.69, 9.17) is 5.11 Å². The SMILES string of the molecule is CC(C)c1ccccc1-c1ccc(NC(=O)CCC(=O)O)cc1. The van der Waals surface area contributed by atoms with E-state index in [-0.39, 0.29) is 18.7 Å². The van der Waals surface area contributed by atoms with Crippen LogP contribution < -0.4 is 5.32 Å². The molecule has 0 aliphatic heterocycles. The Hall–Kier alpha value is -2.62. The average molecular weight is 311 g/mol. The van der Waals surface area contributed by atoms with Crippen LogP contribution in [0.4, 0.5) is 5.69 Å². The Morgan fingerprint density at radius 3 is 2.26 bits per heavy atom. The van der Waals surface area contributed by atoms with Gasteiger partial charge in [-0.05, 0) is 34.7 Å². The van der Waals surface area contributed by atoms with Gasteiger partial charge in [-0.3, -0.25) is 9.59 Å². The molecule has 23 heavy (non-hydrogen) atoms. The van der Waals surface area contributed by atoms with Gasteiger partial charge in [0.2, 0.25) is 5.91 Å². The van der Waals surface area contributed by atoms with Crippen LogP contribution in [0.15, 0.2) is 48.5 Å². The molecular formula is C19H21NO3. The van der Waals surface area contributed by atoms with Crippen LogP contribution in [-0.2, 0) is 9.59 Å². The molecule has 0 aliphatic carbocycles. The average Bonchev–Trinajstić information content (AvgIpc) is 2.53. The zero-order valence-electron chi connectivity index (χ0n) is 13.4. The maximum absolute atomic E-state index is 11.6. The van der Waals surface area contributed by atoms with E-state index >= 15 is 0 Å². The molecule has 0 aliphatic rings. The van der Waals surface area contributed by atoms with Gasteiger partial charge in [0.25, 0.3) is 0 Å². The zero-order valence-corrected chi connectivity index (χ0v) is 13.4. The van der Waals surface area contributed by atoms with Crippen molar-refractivity contribution in [3.63, 3.8) is 0 Å². The standard InChI is InChI=1S/C19H21NO3/c1-13(2)16-5-3-4-6-17(16)14-7-9-15(10-8-14)20-18(21)11-12-19(22)23/h3-10,13H,11-12H2,1-2H3,(H,20,21)(H,22,23). The van der Waals surface area contributed by atoms with Gasteiger partial charge >= 0.3 is 5.97 Å². The lowest BCUT2D eigenvalue weighted by Gasteiger charge is -2.13. The van der Waals surface area contributed by atoms with E-state index in [9.17, 15) is 9.59 Å². The molecule has 2 rings (SSSR count). The van der Waals surface area contributed by atoms with Crippen molar-refractivity contribution in [3.05, 3.63) is 54.1 Å². The highest BCUT2D eigenvalue weighted by Gasteiger charge is 2.09. The number of aliphatic carboxylic acids is 1. The molecule has 0 fully saturated rings. The van der Waals surface area contributed by atoms with Gasteiger partial charge in [0.1, 0.15) is 0 Å². The maximum atomic E-state index is 11.6. The molecule has 0 radical (unpaired) electrons. The molecule has 0 unspecified atom stereocenters. The molecule has 0 atom stereocenters. The van der Waals surface area contributed by atoms with Crippen LogP contribution in [0.5, 0.6) is 0 Å². The number of carbonyl (C=O) groups excluding carboxylic acids is 1. The summed E-state index contributed by atoms with van der Waals surface area (Å²) in [6, 6.07) is 15.9. The highest BCUT2D eigenvalue weighted by atomic mass is 16.4. The Morgan fingerprint density at radius 1 is 1.00 bits per heavy atom. The topological polar surface area (TPSA) is 66.4 Å². The molecule has 4 heteroatoms. The summed E-state index contributed by atoms with van der Waals surface area (Å²) in [7, 11) is 0. The Balaban J connectivity index is 2.11. The van der Waals surface area contributed by atoms with Crippen LogP contribution in [0.1, 0.15) is 38.2 Å². The molecule has 2 aromatic carbocycles. The van der Waals surface area contributed by atoms with Crippen LogP contribution >= 0.6 is 0 Å². The van der Waals surface area contributed by atoms with Crippen LogP contribution in [0.3, 0.4) is 0 Å². The van der Waals surface area contributed by atoms with E-state index in [1.807, 2.05) is 36.4 Å². The van der Waals surface area contributed by atoms with Crippen molar-refractivity contribution < 1.29 is 14.7 Å². The van der Waals surface area contributed by atoms with Crippen molar-refractivity contribution in [2.75, 3.05) is 5.32 Å². The first-order chi connectivity index (χ1) is 11.0. The van der Waals surface area contributed by atoms with Gasteiger partial charge in [-0.15, -0.1) is 0 Å². The first-order valence-corrected chi connectivity index (χ1v) is 7.68. The summed E-state index contributed by atoms with van der Waals surface area (Å²) in [6.07, 6.45) is -0.182. The summed E-state index contributed by atoms with van der Waals surface area (Å²) in [5, 5.41) is 11.3. The third kappa shape index (κ3) is 4.68. The van der Waals surface area contributed by atoms with Crippen molar-refractivity contribution in [1.82, 2.24) is 0 Å². The minimum atomic E-state index is -0.971. The monoisotopic (exact) mass is 311 g/mol. The largest absolute Gasteiger partial charge is 0.481 e. The van der Waals surface area contributed by atoms with Gasteiger partial charge in [0.15, 0.2) is 0 Å². The van der Waals surface area contributed by atoms with E-state index in [0.29, 0.717) is 11.6 Å². The second-order valence-electron chi connectivity index (χ2n) is 5.76. The van der Waals surface area contributed by atoms with Crippen molar-refractivity contribution in [1.29, 1.82) is 0 Å². The summed E-state index contributed by atoms with van der Waals surface area (Å²) in [4.78, 5) is 22.1. The van der Waals surface area contributed by atoms with Gasteiger partial charge in [0.05, 0.1) is 6.42 Å². The van der Waals surface area contributed by atoms with Crippen molar-refractivity contribution in [2.24, 2.45) is 0 Å². The second-order valence-corrected chi connectivity index (χ2v) is 5.76. The number of amides is 1. The van der Waals surface area contributed by atoms with Crippen LogP contribution in [0, 0.1) is 0 Å². The summed E-state index contributed by atoms with van der Waals surface area (Å²) in [5.41, 5.74) is 4.24. The summed E-state index contributed by atoms with van der Waals surface area (Å²) >= 11 is 0. The molecular weight excluding hydrogens is 290 g/mol. The first kappa shape index (κ1) is 16.7. The molecule has 0 aromatic heterocycles. The van der Waals surface area contributed by atoms with Crippen LogP contribution in [-0.4, -0.2) is 17.0 Å². The highest BCUT2D eigenvalue weighted by molar-refractivity contribution is 5.92. The Morgan fingerprint density at radius 2 is 1.65 bits per heavy atom. The van der Waals surface area contributed by atoms with E-state index in [1.54, 1.807) is 0 Å². The highest BCUT2D eigenvalue weighted by Crippen LogP contribution is 2.29. The molecule has 4 nitrogen and oxygen atoms in total. The fraction of sp³-hybridized carbons (Fsp3) is 0.263. The number of rotatable bonds is 6. The lowest BCUT2D eigenvalue weighted by molar-refractivity contribution is -0.138. The smallest absolute Gasteiger partial charge is 0.303 e. The normalized spacial score (nSPS) is 10.6. The quantitative estimate of drug-likeness (QED) is 0.836. The second kappa shape index (κ2) is 7.58. The lowest BCUT2D eigenvalue weighted by Crippen LogP contribution is -2.13. The van der Waals surface area contributed by atoms with Gasteiger partial charge in [-0.2, -0.15) is 0 Å². The predicted octanol–water partition coefficient (Wildman–Crippen LogP) is 4.28. The summed E-state index contributed by atoms with van der Waals surface area (Å²) in [6.45, 7) is 4.33. The number of carbonyl (C=O) groups is 2. The van der Waals surface area contributed by atoms with Gasteiger partial charge in [-0.25, -0.2) is 0 Å². The fourth-order valence-corrected chi connectivity index (χ4v) is 2.44. The number of nitrogens with one attached hydrogen (secondary N) is 1. The molecule has 0 spiro atoms. The minimum absolute atomic E-state index is 0.0206. The fourth-order valence-electron chi connectivity index (χ4n) is 2.44. The van der Waals surface area contributed by atoms with Crippen molar-refractivity contribution in [3.8, 4) is 11.1 Å². The minimum Gasteiger partial charge on any atom is -0.481 e. The van der Waals surface area contributed by atoms with Crippen LogP contribution in [0.2, 0.25) is 0 Å². The molecule has 2 N–H and O–H groups in total. The number of benzene rings is 2. The molecule has 0 saturated carbocycles. The molecule has 1 amide bonds. The third-order valence-corrected chi connectivity index (χ3v) is 3.63. The summed E-state index contributed by atoms with van der Waals surface area (Å²) < 4.78 is 0. The Kier molecular flexibility index (Phi) is 5.52. The van der Waals surface area contributed by atoms with Gasteiger partial charge in [-0.1, -0.05) is 50.2 Å². The number of anilines is 1. The molecule has 0 heterocycles. The van der Waals surface area contributed by atoms with Gasteiger partial charge < -0.3 is 10.4 Å². The number of hydrogen-bond donors (Lipinski definition) is 2. The number of carboxylic acids is 1.